The SMILES string of the molecule is CCC(Cc1ccccc1)NC(=O)c1cc(N)ccc1C.Cl. The molecular weight excluding hydrogens is 296 g/mol. The van der Waals surface area contributed by atoms with Gasteiger partial charge >= 0.3 is 0 Å². The van der Waals surface area contributed by atoms with Crippen LogP contribution in [0.4, 0.5) is 5.69 Å². The van der Waals surface area contributed by atoms with Crippen LogP contribution >= 0.6 is 12.4 Å². The topological polar surface area (TPSA) is 55.1 Å². The predicted molar refractivity (Wildman–Crippen MR) is 94.5 cm³/mol. The molecular formula is C18H23ClN2O. The molecule has 1 atom stereocenters. The third-order valence-electron chi connectivity index (χ3n) is 3.66. The van der Waals surface area contributed by atoms with Crippen molar-refractivity contribution in [3.05, 3.63) is 65.2 Å². The maximum Gasteiger partial charge on any atom is 0.251 e. The Bertz CT molecular complexity index is 614. The highest BCUT2D eigenvalue weighted by Crippen LogP contribution is 2.14. The molecule has 0 bridgehead atoms. The molecule has 3 nitrogen and oxygen atoms in total. The molecule has 1 amide bonds. The number of benzene rings is 2. The second-order valence-electron chi connectivity index (χ2n) is 5.34. The largest absolute Gasteiger partial charge is 0.399 e. The first kappa shape index (κ1) is 18.1. The van der Waals surface area contributed by atoms with E-state index in [4.69, 9.17) is 5.73 Å². The summed E-state index contributed by atoms with van der Waals surface area (Å²) in [6.07, 6.45) is 1.73. The van der Waals surface area contributed by atoms with Crippen LogP contribution in [-0.2, 0) is 6.42 Å². The first-order valence-corrected chi connectivity index (χ1v) is 7.31. The fourth-order valence-corrected chi connectivity index (χ4v) is 2.34. The number of rotatable bonds is 5. The van der Waals surface area contributed by atoms with E-state index in [-0.39, 0.29) is 24.4 Å². The smallest absolute Gasteiger partial charge is 0.251 e. The molecule has 0 aromatic heterocycles. The average molecular weight is 319 g/mol. The van der Waals surface area contributed by atoms with Crippen molar-refractivity contribution < 1.29 is 4.79 Å². The van der Waals surface area contributed by atoms with Crippen molar-refractivity contribution in [1.29, 1.82) is 0 Å². The zero-order valence-corrected chi connectivity index (χ0v) is 13.8. The second-order valence-corrected chi connectivity index (χ2v) is 5.34. The van der Waals surface area contributed by atoms with Crippen molar-refractivity contribution in [3.8, 4) is 0 Å². The maximum absolute atomic E-state index is 12.4. The van der Waals surface area contributed by atoms with Gasteiger partial charge in [-0.3, -0.25) is 4.79 Å². The molecule has 118 valence electrons. The minimum atomic E-state index is -0.0532. The van der Waals surface area contributed by atoms with E-state index >= 15 is 0 Å². The Morgan fingerprint density at radius 1 is 1.18 bits per heavy atom. The highest BCUT2D eigenvalue weighted by Gasteiger charge is 2.14. The van der Waals surface area contributed by atoms with E-state index in [9.17, 15) is 4.79 Å². The lowest BCUT2D eigenvalue weighted by molar-refractivity contribution is 0.0935. The molecule has 0 saturated heterocycles. The number of carbonyl (C=O) groups is 1. The molecule has 3 N–H and O–H groups in total. The van der Waals surface area contributed by atoms with Crippen LogP contribution in [0.5, 0.6) is 0 Å². The van der Waals surface area contributed by atoms with Gasteiger partial charge in [-0.05, 0) is 43.0 Å². The number of anilines is 1. The standard InChI is InChI=1S/C18H22N2O.ClH/c1-3-16(11-14-7-5-4-6-8-14)20-18(21)17-12-15(19)10-9-13(17)2;/h4-10,12,16H,3,11,19H2,1-2H3,(H,20,21);1H. The lowest BCUT2D eigenvalue weighted by atomic mass is 10.0. The Labute approximate surface area is 138 Å². The molecule has 0 spiro atoms. The molecule has 0 radical (unpaired) electrons. The molecule has 2 rings (SSSR count). The Morgan fingerprint density at radius 3 is 2.50 bits per heavy atom. The van der Waals surface area contributed by atoms with Crippen molar-refractivity contribution in [2.75, 3.05) is 5.73 Å². The summed E-state index contributed by atoms with van der Waals surface area (Å²) in [5, 5.41) is 3.11. The molecule has 0 fully saturated rings. The van der Waals surface area contributed by atoms with Gasteiger partial charge in [0.15, 0.2) is 0 Å². The Morgan fingerprint density at radius 2 is 1.86 bits per heavy atom. The summed E-state index contributed by atoms with van der Waals surface area (Å²) in [6, 6.07) is 15.8. The predicted octanol–water partition coefficient (Wildman–Crippen LogP) is 3.75. The molecule has 4 heteroatoms. The first-order valence-electron chi connectivity index (χ1n) is 7.31. The maximum atomic E-state index is 12.4. The van der Waals surface area contributed by atoms with Crippen molar-refractivity contribution >= 4 is 24.0 Å². The molecule has 0 saturated carbocycles. The number of aryl methyl sites for hydroxylation is 1. The van der Waals surface area contributed by atoms with Crippen LogP contribution in [0.15, 0.2) is 48.5 Å². The lowest BCUT2D eigenvalue weighted by Crippen LogP contribution is -2.36. The summed E-state index contributed by atoms with van der Waals surface area (Å²) in [5.41, 5.74) is 9.21. The van der Waals surface area contributed by atoms with Gasteiger partial charge in [0.1, 0.15) is 0 Å². The number of nitrogens with one attached hydrogen (secondary N) is 1. The zero-order valence-electron chi connectivity index (χ0n) is 13.0. The van der Waals surface area contributed by atoms with Gasteiger partial charge in [0.2, 0.25) is 0 Å². The van der Waals surface area contributed by atoms with Gasteiger partial charge in [0, 0.05) is 17.3 Å². The molecule has 22 heavy (non-hydrogen) atoms. The number of halogens is 1. The van der Waals surface area contributed by atoms with Gasteiger partial charge in [-0.25, -0.2) is 0 Å². The van der Waals surface area contributed by atoms with Gasteiger partial charge < -0.3 is 11.1 Å². The highest BCUT2D eigenvalue weighted by molar-refractivity contribution is 5.96. The van der Waals surface area contributed by atoms with E-state index in [2.05, 4.69) is 24.4 Å². The quantitative estimate of drug-likeness (QED) is 0.825. The van der Waals surface area contributed by atoms with Crippen LogP contribution in [0, 0.1) is 6.92 Å². The van der Waals surface area contributed by atoms with E-state index in [1.54, 1.807) is 6.07 Å². The van der Waals surface area contributed by atoms with Crippen LogP contribution < -0.4 is 11.1 Å². The second kappa shape index (κ2) is 8.44. The summed E-state index contributed by atoms with van der Waals surface area (Å²) in [4.78, 5) is 12.4. The van der Waals surface area contributed by atoms with Crippen LogP contribution in [-0.4, -0.2) is 11.9 Å². The van der Waals surface area contributed by atoms with Gasteiger partial charge in [0.05, 0.1) is 0 Å². The van der Waals surface area contributed by atoms with Gasteiger partial charge in [-0.1, -0.05) is 43.3 Å². The number of amides is 1. The number of nitrogen functional groups attached to an aromatic ring is 1. The normalized spacial score (nSPS) is 11.4. The van der Waals surface area contributed by atoms with E-state index in [0.29, 0.717) is 11.3 Å². The summed E-state index contributed by atoms with van der Waals surface area (Å²) < 4.78 is 0. The Hall–Kier alpha value is -2.00. The van der Waals surface area contributed by atoms with Crippen LogP contribution in [0.1, 0.15) is 34.8 Å². The highest BCUT2D eigenvalue weighted by atomic mass is 35.5. The first-order chi connectivity index (χ1) is 10.1. The number of hydrogen-bond donors (Lipinski definition) is 2. The monoisotopic (exact) mass is 318 g/mol. The van der Waals surface area contributed by atoms with Crippen LogP contribution in [0.25, 0.3) is 0 Å². The van der Waals surface area contributed by atoms with Gasteiger partial charge in [-0.2, -0.15) is 0 Å². The van der Waals surface area contributed by atoms with Gasteiger partial charge in [0.25, 0.3) is 5.91 Å². The molecule has 0 aliphatic carbocycles. The fraction of sp³-hybridized carbons (Fsp3) is 0.278. The average Bonchev–Trinajstić information content (AvgIpc) is 2.50. The minimum absolute atomic E-state index is 0. The van der Waals surface area contributed by atoms with Gasteiger partial charge in [-0.15, -0.1) is 12.4 Å². The molecule has 0 aliphatic rings. The minimum Gasteiger partial charge on any atom is -0.399 e. The molecule has 0 heterocycles. The van der Waals surface area contributed by atoms with E-state index in [0.717, 1.165) is 18.4 Å². The van der Waals surface area contributed by atoms with Crippen LogP contribution in [0.3, 0.4) is 0 Å². The molecule has 1 unspecified atom stereocenters. The van der Waals surface area contributed by atoms with E-state index < -0.39 is 0 Å². The van der Waals surface area contributed by atoms with Crippen molar-refractivity contribution in [2.45, 2.75) is 32.7 Å². The third-order valence-corrected chi connectivity index (χ3v) is 3.66. The number of carbonyl (C=O) groups excluding carboxylic acids is 1. The van der Waals surface area contributed by atoms with E-state index in [1.807, 2.05) is 37.3 Å². The lowest BCUT2D eigenvalue weighted by Gasteiger charge is -2.18. The molecule has 2 aromatic rings. The number of hydrogen-bond acceptors (Lipinski definition) is 2. The van der Waals surface area contributed by atoms with E-state index in [1.165, 1.54) is 5.56 Å². The summed E-state index contributed by atoms with van der Waals surface area (Å²) >= 11 is 0. The fourth-order valence-electron chi connectivity index (χ4n) is 2.34. The van der Waals surface area contributed by atoms with Crippen molar-refractivity contribution in [3.63, 3.8) is 0 Å². The molecule has 0 aliphatic heterocycles. The Kier molecular flexibility index (Phi) is 6.93. The van der Waals surface area contributed by atoms with Crippen molar-refractivity contribution in [2.24, 2.45) is 0 Å². The van der Waals surface area contributed by atoms with Crippen molar-refractivity contribution in [1.82, 2.24) is 5.32 Å². The number of nitrogens with two attached hydrogens (primary N) is 1. The Balaban J connectivity index is 0.00000242. The summed E-state index contributed by atoms with van der Waals surface area (Å²) in [5.74, 6) is -0.0532. The summed E-state index contributed by atoms with van der Waals surface area (Å²) in [6.45, 7) is 4.01. The molecule has 2 aromatic carbocycles. The zero-order chi connectivity index (χ0) is 15.2. The summed E-state index contributed by atoms with van der Waals surface area (Å²) in [7, 11) is 0. The van der Waals surface area contributed by atoms with Crippen LogP contribution in [0.2, 0.25) is 0 Å². The third kappa shape index (κ3) is 4.78.